The van der Waals surface area contributed by atoms with E-state index in [1.807, 2.05) is 37.3 Å². The van der Waals surface area contributed by atoms with Gasteiger partial charge >= 0.3 is 5.97 Å². The molecule has 0 saturated carbocycles. The van der Waals surface area contributed by atoms with Crippen LogP contribution in [-0.2, 0) is 9.53 Å². The molecular weight excluding hydrogens is 276 g/mol. The van der Waals surface area contributed by atoms with Crippen molar-refractivity contribution in [3.05, 3.63) is 76.5 Å². The van der Waals surface area contributed by atoms with Gasteiger partial charge in [-0.2, -0.15) is 5.26 Å². The molecule has 2 aromatic rings. The largest absolute Gasteiger partial charge is 0.402 e. The van der Waals surface area contributed by atoms with Gasteiger partial charge in [-0.3, -0.25) is 0 Å². The lowest BCUT2D eigenvalue weighted by Crippen LogP contribution is -2.05. The normalized spacial score (nSPS) is 15.4. The Morgan fingerprint density at radius 1 is 1.09 bits per heavy atom. The molecule has 0 spiro atoms. The number of benzene rings is 2. The predicted octanol–water partition coefficient (Wildman–Crippen LogP) is 3.21. The van der Waals surface area contributed by atoms with E-state index in [0.717, 1.165) is 16.7 Å². The van der Waals surface area contributed by atoms with Crippen LogP contribution in [0, 0.1) is 18.3 Å². The van der Waals surface area contributed by atoms with Crippen LogP contribution in [0.2, 0.25) is 0 Å². The summed E-state index contributed by atoms with van der Waals surface area (Å²) in [6.45, 7) is 1.99. The molecule has 0 aromatic heterocycles. The minimum atomic E-state index is -0.472. The van der Waals surface area contributed by atoms with E-state index < -0.39 is 5.97 Å². The van der Waals surface area contributed by atoms with Crippen molar-refractivity contribution < 1.29 is 9.53 Å². The van der Waals surface area contributed by atoms with Gasteiger partial charge in [0.1, 0.15) is 0 Å². The number of carbonyl (C=O) groups excluding carboxylic acids is 1. The maximum Gasteiger partial charge on any atom is 0.363 e. The van der Waals surface area contributed by atoms with Gasteiger partial charge < -0.3 is 4.74 Å². The van der Waals surface area contributed by atoms with Gasteiger partial charge in [-0.25, -0.2) is 9.79 Å². The smallest absolute Gasteiger partial charge is 0.363 e. The third-order valence-electron chi connectivity index (χ3n) is 3.26. The predicted molar refractivity (Wildman–Crippen MR) is 82.9 cm³/mol. The molecule has 0 aliphatic carbocycles. The average molecular weight is 288 g/mol. The van der Waals surface area contributed by atoms with Crippen LogP contribution in [0.1, 0.15) is 22.3 Å². The summed E-state index contributed by atoms with van der Waals surface area (Å²) in [7, 11) is 0. The Morgan fingerprint density at radius 2 is 1.77 bits per heavy atom. The van der Waals surface area contributed by atoms with Crippen LogP contribution in [0.5, 0.6) is 0 Å². The number of hydrogen-bond donors (Lipinski definition) is 0. The van der Waals surface area contributed by atoms with Crippen LogP contribution in [-0.4, -0.2) is 11.9 Å². The van der Waals surface area contributed by atoms with E-state index >= 15 is 0 Å². The number of aliphatic imine (C=N–C) groups is 1. The van der Waals surface area contributed by atoms with Gasteiger partial charge in [-0.1, -0.05) is 29.8 Å². The summed E-state index contributed by atoms with van der Waals surface area (Å²) >= 11 is 0. The Balaban J connectivity index is 1.90. The molecule has 0 amide bonds. The Bertz CT molecular complexity index is 823. The van der Waals surface area contributed by atoms with Crippen molar-refractivity contribution in [3.63, 3.8) is 0 Å². The van der Waals surface area contributed by atoms with Crippen LogP contribution in [0.4, 0.5) is 0 Å². The fraction of sp³-hybridized carbons (Fsp3) is 0.0556. The highest BCUT2D eigenvalue weighted by Gasteiger charge is 2.23. The van der Waals surface area contributed by atoms with Gasteiger partial charge in [-0.15, -0.1) is 0 Å². The number of cyclic esters (lactones) is 1. The van der Waals surface area contributed by atoms with E-state index in [-0.39, 0.29) is 5.70 Å². The Kier molecular flexibility index (Phi) is 3.55. The summed E-state index contributed by atoms with van der Waals surface area (Å²) in [5.74, 6) is -0.162. The lowest BCUT2D eigenvalue weighted by molar-refractivity contribution is -0.129. The third-order valence-corrected chi connectivity index (χ3v) is 3.26. The number of esters is 1. The first-order valence-electron chi connectivity index (χ1n) is 6.75. The number of nitriles is 1. The second-order valence-electron chi connectivity index (χ2n) is 4.94. The summed E-state index contributed by atoms with van der Waals surface area (Å²) in [6.07, 6.45) is 1.64. The van der Waals surface area contributed by atoms with Gasteiger partial charge in [0.2, 0.25) is 5.90 Å². The van der Waals surface area contributed by atoms with Gasteiger partial charge in [0, 0.05) is 5.56 Å². The summed E-state index contributed by atoms with van der Waals surface area (Å²) in [6, 6.07) is 16.6. The van der Waals surface area contributed by atoms with Crippen molar-refractivity contribution in [2.75, 3.05) is 0 Å². The maximum absolute atomic E-state index is 11.9. The van der Waals surface area contributed by atoms with Crippen molar-refractivity contribution in [3.8, 4) is 6.07 Å². The standard InChI is InChI=1S/C18H12N2O2/c1-12-2-8-15(9-3-12)17-20-16(18(21)22-17)10-13-4-6-14(11-19)7-5-13/h2-10H,1H3/b16-10+. The van der Waals surface area contributed by atoms with Gasteiger partial charge in [-0.05, 0) is 42.8 Å². The number of carbonyl (C=O) groups is 1. The first-order chi connectivity index (χ1) is 10.7. The van der Waals surface area contributed by atoms with E-state index in [4.69, 9.17) is 10.00 Å². The molecule has 0 unspecified atom stereocenters. The minimum absolute atomic E-state index is 0.250. The molecule has 1 heterocycles. The lowest BCUT2D eigenvalue weighted by atomic mass is 10.1. The molecule has 3 rings (SSSR count). The number of aryl methyl sites for hydroxylation is 1. The summed E-state index contributed by atoms with van der Waals surface area (Å²) in [5.41, 5.74) is 3.50. The molecule has 0 fully saturated rings. The molecule has 2 aromatic carbocycles. The highest BCUT2D eigenvalue weighted by Crippen LogP contribution is 2.19. The first kappa shape index (κ1) is 13.8. The number of nitrogens with zero attached hydrogens (tertiary/aromatic N) is 2. The zero-order valence-electron chi connectivity index (χ0n) is 11.9. The molecule has 106 valence electrons. The highest BCUT2D eigenvalue weighted by molar-refractivity contribution is 6.12. The van der Waals surface area contributed by atoms with E-state index in [9.17, 15) is 4.79 Å². The molecule has 0 saturated heterocycles. The number of rotatable bonds is 2. The summed E-state index contributed by atoms with van der Waals surface area (Å²) in [5, 5.41) is 8.77. The number of ether oxygens (including phenoxy) is 1. The van der Waals surface area contributed by atoms with Crippen molar-refractivity contribution >= 4 is 17.9 Å². The molecule has 1 aliphatic rings. The van der Waals surface area contributed by atoms with E-state index in [2.05, 4.69) is 4.99 Å². The maximum atomic E-state index is 11.9. The number of hydrogen-bond acceptors (Lipinski definition) is 4. The van der Waals surface area contributed by atoms with E-state index in [0.29, 0.717) is 11.5 Å². The van der Waals surface area contributed by atoms with Crippen LogP contribution in [0.3, 0.4) is 0 Å². The van der Waals surface area contributed by atoms with Crippen molar-refractivity contribution in [2.24, 2.45) is 4.99 Å². The Hall–Kier alpha value is -3.19. The van der Waals surface area contributed by atoms with Crippen molar-refractivity contribution in [1.29, 1.82) is 5.26 Å². The van der Waals surface area contributed by atoms with Gasteiger partial charge in [0.05, 0.1) is 11.6 Å². The molecule has 22 heavy (non-hydrogen) atoms. The molecule has 0 atom stereocenters. The van der Waals surface area contributed by atoms with Crippen LogP contribution < -0.4 is 0 Å². The summed E-state index contributed by atoms with van der Waals surface area (Å²) < 4.78 is 5.21. The minimum Gasteiger partial charge on any atom is -0.402 e. The van der Waals surface area contributed by atoms with E-state index in [1.54, 1.807) is 30.3 Å². The third kappa shape index (κ3) is 2.79. The molecule has 1 aliphatic heterocycles. The first-order valence-corrected chi connectivity index (χ1v) is 6.75. The topological polar surface area (TPSA) is 62.5 Å². The Morgan fingerprint density at radius 3 is 2.41 bits per heavy atom. The SMILES string of the molecule is Cc1ccc(C2=N/C(=C/c3ccc(C#N)cc3)C(=O)O2)cc1. The average Bonchev–Trinajstić information content (AvgIpc) is 2.90. The van der Waals surface area contributed by atoms with Crippen LogP contribution in [0.15, 0.2) is 59.2 Å². The molecule has 4 nitrogen and oxygen atoms in total. The zero-order chi connectivity index (χ0) is 15.5. The molecular formula is C18H12N2O2. The van der Waals surface area contributed by atoms with Crippen molar-refractivity contribution in [2.45, 2.75) is 6.92 Å². The van der Waals surface area contributed by atoms with Crippen LogP contribution >= 0.6 is 0 Å². The second kappa shape index (κ2) is 5.66. The molecule has 4 heteroatoms. The van der Waals surface area contributed by atoms with E-state index in [1.165, 1.54) is 0 Å². The fourth-order valence-corrected chi connectivity index (χ4v) is 2.04. The molecule has 0 N–H and O–H groups in total. The quantitative estimate of drug-likeness (QED) is 0.629. The summed E-state index contributed by atoms with van der Waals surface area (Å²) in [4.78, 5) is 16.1. The van der Waals surface area contributed by atoms with Crippen molar-refractivity contribution in [1.82, 2.24) is 0 Å². The van der Waals surface area contributed by atoms with Gasteiger partial charge in [0.25, 0.3) is 0 Å². The highest BCUT2D eigenvalue weighted by atomic mass is 16.6. The van der Waals surface area contributed by atoms with Crippen LogP contribution in [0.25, 0.3) is 6.08 Å². The zero-order valence-corrected chi connectivity index (χ0v) is 11.9. The lowest BCUT2D eigenvalue weighted by Gasteiger charge is -1.99. The molecule has 0 radical (unpaired) electrons. The fourth-order valence-electron chi connectivity index (χ4n) is 2.04. The van der Waals surface area contributed by atoms with Gasteiger partial charge in [0.15, 0.2) is 5.70 Å². The Labute approximate surface area is 128 Å². The monoisotopic (exact) mass is 288 g/mol. The molecule has 0 bridgehead atoms. The second-order valence-corrected chi connectivity index (χ2v) is 4.94.